The van der Waals surface area contributed by atoms with Gasteiger partial charge in [-0.25, -0.2) is 8.78 Å². The lowest BCUT2D eigenvalue weighted by Gasteiger charge is -2.12. The lowest BCUT2D eigenvalue weighted by molar-refractivity contribution is -0.142. The Bertz CT molecular complexity index is 937. The summed E-state index contributed by atoms with van der Waals surface area (Å²) >= 11 is 0. The smallest absolute Gasteiger partial charge is 0.422 e. The average molecular weight is 406 g/mol. The first-order chi connectivity index (χ1) is 13.8. The molecule has 6 heteroatoms. The van der Waals surface area contributed by atoms with Gasteiger partial charge < -0.3 is 4.74 Å². The second kappa shape index (κ2) is 8.64. The highest BCUT2D eigenvalue weighted by molar-refractivity contribution is 5.64. The third kappa shape index (κ3) is 5.13. The molecule has 0 spiro atoms. The molecule has 3 aromatic carbocycles. The number of benzene rings is 3. The van der Waals surface area contributed by atoms with Crippen LogP contribution in [0.15, 0.2) is 60.7 Å². The van der Waals surface area contributed by atoms with Crippen LogP contribution >= 0.6 is 0 Å². The van der Waals surface area contributed by atoms with Crippen molar-refractivity contribution in [2.24, 2.45) is 0 Å². The van der Waals surface area contributed by atoms with Crippen LogP contribution in [0, 0.1) is 11.6 Å². The van der Waals surface area contributed by atoms with Gasteiger partial charge in [0.25, 0.3) is 0 Å². The molecule has 152 valence electrons. The SMILES string of the molecule is CCCc1ccc(-c2ccc(COc3cc(F)c(C(F)(F)F)c(F)c3)cc2)cc1. The number of aryl methyl sites for hydroxylation is 1. The normalized spacial score (nSPS) is 11.5. The molecule has 0 saturated carbocycles. The van der Waals surface area contributed by atoms with Gasteiger partial charge in [-0.3, -0.25) is 0 Å². The van der Waals surface area contributed by atoms with Gasteiger partial charge in [-0.1, -0.05) is 61.9 Å². The van der Waals surface area contributed by atoms with Gasteiger partial charge in [0, 0.05) is 12.1 Å². The van der Waals surface area contributed by atoms with E-state index in [0.29, 0.717) is 12.1 Å². The lowest BCUT2D eigenvalue weighted by Crippen LogP contribution is -2.11. The summed E-state index contributed by atoms with van der Waals surface area (Å²) in [7, 11) is 0. The van der Waals surface area contributed by atoms with Crippen LogP contribution in [0.1, 0.15) is 30.0 Å². The summed E-state index contributed by atoms with van der Waals surface area (Å²) in [5.41, 5.74) is 2.14. The molecular formula is C23H19F5O. The molecule has 0 aliphatic heterocycles. The molecule has 3 aromatic rings. The van der Waals surface area contributed by atoms with Gasteiger partial charge in [0.1, 0.15) is 29.6 Å². The predicted molar refractivity (Wildman–Crippen MR) is 102 cm³/mol. The summed E-state index contributed by atoms with van der Waals surface area (Å²) in [5.74, 6) is -3.70. The molecule has 0 atom stereocenters. The van der Waals surface area contributed by atoms with E-state index in [9.17, 15) is 22.0 Å². The zero-order chi connectivity index (χ0) is 21.0. The Balaban J connectivity index is 1.67. The summed E-state index contributed by atoms with van der Waals surface area (Å²) in [6, 6.07) is 16.7. The third-order valence-corrected chi connectivity index (χ3v) is 4.48. The van der Waals surface area contributed by atoms with Crippen molar-refractivity contribution < 1.29 is 26.7 Å². The van der Waals surface area contributed by atoms with Crippen molar-refractivity contribution in [1.29, 1.82) is 0 Å². The standard InChI is InChI=1S/C23H19F5O/c1-2-3-15-4-8-17(9-5-15)18-10-6-16(7-11-18)14-29-19-12-20(24)22(21(25)13-19)23(26,27)28/h4-13H,2-3,14H2,1H3. The van der Waals surface area contributed by atoms with Crippen LogP contribution in [0.5, 0.6) is 5.75 Å². The Kier molecular flexibility index (Phi) is 6.20. The molecule has 0 aliphatic carbocycles. The summed E-state index contributed by atoms with van der Waals surface area (Å²) in [6.07, 6.45) is -2.99. The number of ether oxygens (including phenoxy) is 1. The third-order valence-electron chi connectivity index (χ3n) is 4.48. The number of hydrogen-bond donors (Lipinski definition) is 0. The minimum Gasteiger partial charge on any atom is -0.489 e. The zero-order valence-electron chi connectivity index (χ0n) is 15.7. The van der Waals surface area contributed by atoms with Crippen LogP contribution in [-0.4, -0.2) is 0 Å². The molecule has 0 aliphatic rings. The van der Waals surface area contributed by atoms with Crippen molar-refractivity contribution in [1.82, 2.24) is 0 Å². The van der Waals surface area contributed by atoms with E-state index in [1.807, 2.05) is 24.3 Å². The summed E-state index contributed by atoms with van der Waals surface area (Å²) in [4.78, 5) is 0. The molecule has 0 fully saturated rings. The van der Waals surface area contributed by atoms with E-state index in [1.165, 1.54) is 5.56 Å². The molecule has 1 nitrogen and oxygen atoms in total. The maximum absolute atomic E-state index is 13.6. The first-order valence-electron chi connectivity index (χ1n) is 9.15. The first kappa shape index (κ1) is 20.8. The quantitative estimate of drug-likeness (QED) is 0.394. The molecule has 0 saturated heterocycles. The molecule has 0 amide bonds. The zero-order valence-corrected chi connectivity index (χ0v) is 15.7. The van der Waals surface area contributed by atoms with Crippen molar-refractivity contribution in [3.8, 4) is 16.9 Å². The molecule has 0 N–H and O–H groups in total. The molecule has 0 aromatic heterocycles. The van der Waals surface area contributed by atoms with Crippen molar-refractivity contribution in [3.05, 3.63) is 89.0 Å². The van der Waals surface area contributed by atoms with Gasteiger partial charge in [-0.05, 0) is 28.7 Å². The minimum atomic E-state index is -5.10. The highest BCUT2D eigenvalue weighted by Crippen LogP contribution is 2.35. The lowest BCUT2D eigenvalue weighted by atomic mass is 10.0. The Hall–Kier alpha value is -2.89. The van der Waals surface area contributed by atoms with Gasteiger partial charge >= 0.3 is 6.18 Å². The summed E-state index contributed by atoms with van der Waals surface area (Å²) < 4.78 is 70.3. The van der Waals surface area contributed by atoms with Crippen LogP contribution in [0.3, 0.4) is 0 Å². The van der Waals surface area contributed by atoms with Crippen molar-refractivity contribution in [2.75, 3.05) is 0 Å². The van der Waals surface area contributed by atoms with E-state index >= 15 is 0 Å². The Morgan fingerprint density at radius 3 is 1.69 bits per heavy atom. The number of hydrogen-bond acceptors (Lipinski definition) is 1. The monoisotopic (exact) mass is 406 g/mol. The predicted octanol–water partition coefficient (Wildman–Crippen LogP) is 7.18. The fourth-order valence-corrected chi connectivity index (χ4v) is 3.02. The van der Waals surface area contributed by atoms with E-state index < -0.39 is 23.4 Å². The Morgan fingerprint density at radius 1 is 0.759 bits per heavy atom. The largest absolute Gasteiger partial charge is 0.489 e. The first-order valence-corrected chi connectivity index (χ1v) is 9.15. The van der Waals surface area contributed by atoms with Gasteiger partial charge in [-0.15, -0.1) is 0 Å². The molecular weight excluding hydrogens is 387 g/mol. The molecule has 0 radical (unpaired) electrons. The average Bonchev–Trinajstić information content (AvgIpc) is 2.66. The van der Waals surface area contributed by atoms with Gasteiger partial charge in [0.2, 0.25) is 0 Å². The highest BCUT2D eigenvalue weighted by atomic mass is 19.4. The summed E-state index contributed by atoms with van der Waals surface area (Å²) in [6.45, 7) is 2.10. The van der Waals surface area contributed by atoms with Gasteiger partial charge in [-0.2, -0.15) is 13.2 Å². The maximum Gasteiger partial charge on any atom is 0.422 e. The van der Waals surface area contributed by atoms with Gasteiger partial charge in [0.15, 0.2) is 0 Å². The van der Waals surface area contributed by atoms with E-state index in [-0.39, 0.29) is 12.4 Å². The van der Waals surface area contributed by atoms with E-state index in [0.717, 1.165) is 29.5 Å². The number of halogens is 5. The number of alkyl halides is 3. The minimum absolute atomic E-state index is 0.0278. The Labute approximate surface area is 165 Å². The van der Waals surface area contributed by atoms with E-state index in [2.05, 4.69) is 19.1 Å². The second-order valence-corrected chi connectivity index (χ2v) is 6.69. The van der Waals surface area contributed by atoms with Crippen LogP contribution in [0.25, 0.3) is 11.1 Å². The molecule has 29 heavy (non-hydrogen) atoms. The van der Waals surface area contributed by atoms with Crippen LogP contribution < -0.4 is 4.74 Å². The Morgan fingerprint density at radius 2 is 1.24 bits per heavy atom. The van der Waals surface area contributed by atoms with Crippen LogP contribution in [-0.2, 0) is 19.2 Å². The van der Waals surface area contributed by atoms with E-state index in [4.69, 9.17) is 4.74 Å². The second-order valence-electron chi connectivity index (χ2n) is 6.69. The molecule has 0 bridgehead atoms. The maximum atomic E-state index is 13.6. The van der Waals surface area contributed by atoms with Crippen LogP contribution in [0.4, 0.5) is 22.0 Å². The highest BCUT2D eigenvalue weighted by Gasteiger charge is 2.38. The van der Waals surface area contributed by atoms with Crippen molar-refractivity contribution in [2.45, 2.75) is 32.5 Å². The molecule has 0 heterocycles. The fraction of sp³-hybridized carbons (Fsp3) is 0.217. The van der Waals surface area contributed by atoms with Gasteiger partial charge in [0.05, 0.1) is 0 Å². The molecule has 0 unspecified atom stereocenters. The van der Waals surface area contributed by atoms with Crippen LogP contribution in [0.2, 0.25) is 0 Å². The van der Waals surface area contributed by atoms with Crippen molar-refractivity contribution in [3.63, 3.8) is 0 Å². The van der Waals surface area contributed by atoms with E-state index in [1.54, 1.807) is 12.1 Å². The summed E-state index contributed by atoms with van der Waals surface area (Å²) in [5, 5.41) is 0. The topological polar surface area (TPSA) is 9.23 Å². The molecule has 3 rings (SSSR count). The fourth-order valence-electron chi connectivity index (χ4n) is 3.02. The van der Waals surface area contributed by atoms with Crippen molar-refractivity contribution >= 4 is 0 Å². The number of rotatable bonds is 6.